The smallest absolute Gasteiger partial charge is 0.258 e. The number of hydrogen-bond donors (Lipinski definition) is 1. The first-order chi connectivity index (χ1) is 18.3. The van der Waals surface area contributed by atoms with Crippen LogP contribution in [0.5, 0.6) is 5.88 Å². The SMILES string of the molecule is CC(Oc1nc(-c2ccc(C(=O)N3CCC[C@H]3CN3CCCC3)cc2)cnc1N)c1c(F)ccc(F)c1Cl. The van der Waals surface area contributed by atoms with E-state index in [1.807, 2.05) is 4.90 Å². The molecule has 10 heteroatoms. The van der Waals surface area contributed by atoms with Gasteiger partial charge >= 0.3 is 0 Å². The number of anilines is 1. The summed E-state index contributed by atoms with van der Waals surface area (Å²) in [5.74, 6) is -1.45. The Morgan fingerprint density at radius 1 is 1.11 bits per heavy atom. The highest BCUT2D eigenvalue weighted by Crippen LogP contribution is 2.33. The number of hydrogen-bond acceptors (Lipinski definition) is 6. The van der Waals surface area contributed by atoms with Gasteiger partial charge in [-0.2, -0.15) is 0 Å². The number of likely N-dealkylation sites (tertiary alicyclic amines) is 2. The van der Waals surface area contributed by atoms with Crippen LogP contribution < -0.4 is 10.5 Å². The van der Waals surface area contributed by atoms with E-state index in [9.17, 15) is 13.6 Å². The Kier molecular flexibility index (Phi) is 7.76. The number of benzene rings is 2. The highest BCUT2D eigenvalue weighted by molar-refractivity contribution is 6.31. The molecule has 2 aromatic carbocycles. The van der Waals surface area contributed by atoms with Crippen LogP contribution in [0.25, 0.3) is 11.3 Å². The standard InChI is InChI=1S/C28H30ClF2N5O2/c1-17(24-21(30)10-11-22(31)25(24)29)38-27-26(32)33-15-23(34-27)18-6-8-19(9-7-18)28(37)36-14-4-5-20(36)16-35-12-2-3-13-35/h6-11,15,17,20H,2-5,12-14,16H2,1H3,(H2,32,33)/t17?,20-/m0/s1. The van der Waals surface area contributed by atoms with Gasteiger partial charge in [0.2, 0.25) is 0 Å². The molecule has 2 fully saturated rings. The van der Waals surface area contributed by atoms with Crippen LogP contribution in [0.3, 0.4) is 0 Å². The molecule has 1 unspecified atom stereocenters. The zero-order chi connectivity index (χ0) is 26.8. The van der Waals surface area contributed by atoms with Crippen molar-refractivity contribution in [1.29, 1.82) is 0 Å². The minimum absolute atomic E-state index is 0.00147. The van der Waals surface area contributed by atoms with Crippen LogP contribution in [0.15, 0.2) is 42.6 Å². The lowest BCUT2D eigenvalue weighted by Crippen LogP contribution is -2.42. The summed E-state index contributed by atoms with van der Waals surface area (Å²) in [6.45, 7) is 5.47. The summed E-state index contributed by atoms with van der Waals surface area (Å²) in [7, 11) is 0. The molecule has 1 amide bonds. The second-order valence-corrected chi connectivity index (χ2v) is 10.2. The monoisotopic (exact) mass is 541 g/mol. The molecule has 3 aromatic rings. The molecule has 200 valence electrons. The second-order valence-electron chi connectivity index (χ2n) is 9.84. The third kappa shape index (κ3) is 5.44. The van der Waals surface area contributed by atoms with Crippen LogP contribution in [0.1, 0.15) is 54.6 Å². The van der Waals surface area contributed by atoms with Crippen LogP contribution in [0.4, 0.5) is 14.6 Å². The number of nitrogens with zero attached hydrogens (tertiary/aromatic N) is 4. The Morgan fingerprint density at radius 2 is 1.82 bits per heavy atom. The van der Waals surface area contributed by atoms with E-state index in [1.165, 1.54) is 26.0 Å². The fourth-order valence-electron chi connectivity index (χ4n) is 5.25. The summed E-state index contributed by atoms with van der Waals surface area (Å²) in [5.41, 5.74) is 7.60. The van der Waals surface area contributed by atoms with E-state index in [-0.39, 0.29) is 34.2 Å². The van der Waals surface area contributed by atoms with Crippen molar-refractivity contribution in [1.82, 2.24) is 19.8 Å². The Hall–Kier alpha value is -3.30. The molecule has 5 rings (SSSR count). The van der Waals surface area contributed by atoms with E-state index in [0.29, 0.717) is 16.8 Å². The molecule has 2 aliphatic heterocycles. The molecule has 7 nitrogen and oxygen atoms in total. The minimum atomic E-state index is -0.973. The molecule has 3 heterocycles. The first kappa shape index (κ1) is 26.3. The molecule has 2 saturated heterocycles. The lowest BCUT2D eigenvalue weighted by atomic mass is 10.1. The third-order valence-electron chi connectivity index (χ3n) is 7.27. The number of halogens is 3. The van der Waals surface area contributed by atoms with Crippen molar-refractivity contribution in [3.8, 4) is 17.1 Å². The van der Waals surface area contributed by atoms with Crippen LogP contribution in [-0.4, -0.2) is 57.9 Å². The molecule has 38 heavy (non-hydrogen) atoms. The number of nitrogen functional groups attached to an aromatic ring is 1. The predicted octanol–water partition coefficient (Wildman–Crippen LogP) is 5.50. The maximum Gasteiger partial charge on any atom is 0.258 e. The number of carbonyl (C=O) groups is 1. The number of ether oxygens (including phenoxy) is 1. The average molecular weight is 542 g/mol. The Morgan fingerprint density at radius 3 is 2.55 bits per heavy atom. The van der Waals surface area contributed by atoms with Crippen LogP contribution in [0, 0.1) is 11.6 Å². The van der Waals surface area contributed by atoms with E-state index in [0.717, 1.165) is 51.2 Å². The normalized spacial score (nSPS) is 18.6. The van der Waals surface area contributed by atoms with Gasteiger partial charge in [-0.15, -0.1) is 0 Å². The number of carbonyl (C=O) groups excluding carboxylic acids is 1. The molecule has 1 aromatic heterocycles. The largest absolute Gasteiger partial charge is 0.467 e. The first-order valence-corrected chi connectivity index (χ1v) is 13.3. The van der Waals surface area contributed by atoms with Gasteiger partial charge in [0.25, 0.3) is 11.8 Å². The topological polar surface area (TPSA) is 84.6 Å². The molecule has 2 aliphatic rings. The highest BCUT2D eigenvalue weighted by atomic mass is 35.5. The quantitative estimate of drug-likeness (QED) is 0.398. The second kappa shape index (κ2) is 11.2. The number of rotatable bonds is 7. The van der Waals surface area contributed by atoms with Gasteiger partial charge in [-0.25, -0.2) is 18.7 Å². The highest BCUT2D eigenvalue weighted by Gasteiger charge is 2.31. The fourth-order valence-corrected chi connectivity index (χ4v) is 5.56. The molecule has 2 N–H and O–H groups in total. The van der Waals surface area contributed by atoms with Crippen molar-refractivity contribution in [3.63, 3.8) is 0 Å². The van der Waals surface area contributed by atoms with Gasteiger partial charge in [-0.05, 0) is 70.0 Å². The zero-order valence-electron chi connectivity index (χ0n) is 21.2. The number of aromatic nitrogens is 2. The molecule has 0 bridgehead atoms. The lowest BCUT2D eigenvalue weighted by Gasteiger charge is -2.28. The third-order valence-corrected chi connectivity index (χ3v) is 7.66. The van der Waals surface area contributed by atoms with Crippen molar-refractivity contribution >= 4 is 23.3 Å². The van der Waals surface area contributed by atoms with Gasteiger partial charge in [-0.3, -0.25) is 4.79 Å². The van der Waals surface area contributed by atoms with Crippen LogP contribution in [0.2, 0.25) is 5.02 Å². The summed E-state index contributed by atoms with van der Waals surface area (Å²) < 4.78 is 34.0. The maximum atomic E-state index is 14.3. The molecule has 0 radical (unpaired) electrons. The molecule has 0 aliphatic carbocycles. The van der Waals surface area contributed by atoms with Gasteiger partial charge in [0.15, 0.2) is 5.82 Å². The molecule has 0 saturated carbocycles. The summed E-state index contributed by atoms with van der Waals surface area (Å²) >= 11 is 5.97. The van der Waals surface area contributed by atoms with Gasteiger partial charge in [0.05, 0.1) is 16.9 Å². The van der Waals surface area contributed by atoms with Gasteiger partial charge in [-0.1, -0.05) is 23.7 Å². The van der Waals surface area contributed by atoms with Crippen molar-refractivity contribution < 1.29 is 18.3 Å². The molecule has 0 spiro atoms. The molecule has 2 atom stereocenters. The average Bonchev–Trinajstić information content (AvgIpc) is 3.60. The zero-order valence-corrected chi connectivity index (χ0v) is 21.9. The summed E-state index contributed by atoms with van der Waals surface area (Å²) in [5, 5.41) is -0.360. The van der Waals surface area contributed by atoms with E-state index >= 15 is 0 Å². The van der Waals surface area contributed by atoms with Crippen LogP contribution >= 0.6 is 11.6 Å². The number of nitrogens with two attached hydrogens (primary N) is 1. The van der Waals surface area contributed by atoms with Crippen molar-refractivity contribution in [2.45, 2.75) is 44.8 Å². The lowest BCUT2D eigenvalue weighted by molar-refractivity contribution is 0.0709. The summed E-state index contributed by atoms with van der Waals surface area (Å²) in [6, 6.07) is 9.36. The van der Waals surface area contributed by atoms with Gasteiger partial charge < -0.3 is 20.3 Å². The van der Waals surface area contributed by atoms with E-state index in [4.69, 9.17) is 22.1 Å². The summed E-state index contributed by atoms with van der Waals surface area (Å²) in [6.07, 6.45) is 5.04. The molecular weight excluding hydrogens is 512 g/mol. The van der Waals surface area contributed by atoms with Crippen molar-refractivity contribution in [2.24, 2.45) is 0 Å². The number of amides is 1. The maximum absolute atomic E-state index is 14.3. The van der Waals surface area contributed by atoms with Gasteiger partial charge in [0.1, 0.15) is 17.7 Å². The Labute approximate surface area is 225 Å². The minimum Gasteiger partial charge on any atom is -0.467 e. The Balaban J connectivity index is 1.31. The van der Waals surface area contributed by atoms with Gasteiger partial charge in [0, 0.05) is 35.8 Å². The Bertz CT molecular complexity index is 1320. The first-order valence-electron chi connectivity index (χ1n) is 12.9. The van der Waals surface area contributed by atoms with Crippen molar-refractivity contribution in [2.75, 3.05) is 31.9 Å². The van der Waals surface area contributed by atoms with E-state index < -0.39 is 17.7 Å². The molecular formula is C28H30ClF2N5O2. The van der Waals surface area contributed by atoms with E-state index in [2.05, 4.69) is 14.9 Å². The van der Waals surface area contributed by atoms with Crippen LogP contribution in [-0.2, 0) is 0 Å². The summed E-state index contributed by atoms with van der Waals surface area (Å²) in [4.78, 5) is 26.3. The van der Waals surface area contributed by atoms with Crippen molar-refractivity contribution in [3.05, 3.63) is 70.4 Å². The fraction of sp³-hybridized carbons (Fsp3) is 0.393. The van der Waals surface area contributed by atoms with E-state index in [1.54, 1.807) is 24.3 Å². The predicted molar refractivity (Wildman–Crippen MR) is 142 cm³/mol.